The van der Waals surface area contributed by atoms with E-state index in [4.69, 9.17) is 4.74 Å². The van der Waals surface area contributed by atoms with Gasteiger partial charge in [-0.05, 0) is 106 Å². The Hall–Kier alpha value is -3.37. The third-order valence-electron chi connectivity index (χ3n) is 8.68. The minimum absolute atomic E-state index is 0.0410. The molecule has 1 unspecified atom stereocenters. The van der Waals surface area contributed by atoms with Crippen molar-refractivity contribution in [2.45, 2.75) is 160 Å². The highest BCUT2D eigenvalue weighted by Gasteiger charge is 2.24. The SMILES string of the molecule is O=C1OC(CCCCC#CCCCCCCCCc2cccnc2)C=C1CCCCC#CCCCCCCCCc1cccnc1. The predicted octanol–water partition coefficient (Wildman–Crippen LogP) is 10.7. The number of cyclic esters (lactones) is 1. The number of carbonyl (C=O) groups is 1. The standard InChI is InChI=1S/C42H58N2O2/c45-42-40(31-23-19-15-11-7-3-1-5-9-13-17-21-27-38-29-25-33-43-36-38)35-41(46-42)32-24-20-16-12-8-4-2-6-10-14-18-22-28-39-30-26-34-44-37-39/h25-26,29-30,33-37,41H,1-6,9-10,13-24,27-28,31-32H2. The van der Waals surface area contributed by atoms with Crippen LogP contribution in [-0.4, -0.2) is 22.0 Å². The molecule has 0 aromatic carbocycles. The highest BCUT2D eigenvalue weighted by molar-refractivity contribution is 5.90. The van der Waals surface area contributed by atoms with E-state index in [1.807, 2.05) is 36.9 Å². The Morgan fingerprint density at radius 2 is 0.978 bits per heavy atom. The maximum atomic E-state index is 12.2. The highest BCUT2D eigenvalue weighted by Crippen LogP contribution is 2.23. The Morgan fingerprint density at radius 1 is 0.543 bits per heavy atom. The topological polar surface area (TPSA) is 52.1 Å². The van der Waals surface area contributed by atoms with Crippen molar-refractivity contribution in [3.05, 3.63) is 71.8 Å². The van der Waals surface area contributed by atoms with Crippen molar-refractivity contribution in [3.63, 3.8) is 0 Å². The monoisotopic (exact) mass is 622 g/mol. The van der Waals surface area contributed by atoms with Crippen molar-refractivity contribution in [1.29, 1.82) is 0 Å². The summed E-state index contributed by atoms with van der Waals surface area (Å²) in [5, 5.41) is 0. The summed E-state index contributed by atoms with van der Waals surface area (Å²) in [4.78, 5) is 20.6. The minimum Gasteiger partial charge on any atom is -0.455 e. The molecule has 4 nitrogen and oxygen atoms in total. The third kappa shape index (κ3) is 18.6. The lowest BCUT2D eigenvalue weighted by molar-refractivity contribution is -0.140. The molecular formula is C42H58N2O2. The van der Waals surface area contributed by atoms with Crippen LogP contribution in [0.4, 0.5) is 0 Å². The molecule has 248 valence electrons. The molecule has 0 bridgehead atoms. The van der Waals surface area contributed by atoms with Gasteiger partial charge in [-0.1, -0.05) is 63.5 Å². The van der Waals surface area contributed by atoms with Gasteiger partial charge in [0, 0.05) is 56.0 Å². The first kappa shape index (κ1) is 37.1. The highest BCUT2D eigenvalue weighted by atomic mass is 16.5. The normalized spacial score (nSPS) is 13.8. The molecule has 0 saturated carbocycles. The Bertz CT molecular complexity index is 1220. The number of aryl methyl sites for hydroxylation is 2. The lowest BCUT2D eigenvalue weighted by Gasteiger charge is -2.06. The first-order valence-corrected chi connectivity index (χ1v) is 18.4. The second kappa shape index (κ2) is 25.8. The van der Waals surface area contributed by atoms with E-state index in [2.05, 4.69) is 51.9 Å². The molecule has 46 heavy (non-hydrogen) atoms. The van der Waals surface area contributed by atoms with E-state index < -0.39 is 0 Å². The summed E-state index contributed by atoms with van der Waals surface area (Å²) in [6.45, 7) is 0. The summed E-state index contributed by atoms with van der Waals surface area (Å²) in [5.74, 6) is 13.2. The van der Waals surface area contributed by atoms with Gasteiger partial charge in [0.2, 0.25) is 0 Å². The molecule has 2 aromatic rings. The molecule has 3 heterocycles. The van der Waals surface area contributed by atoms with Crippen molar-refractivity contribution in [2.75, 3.05) is 0 Å². The van der Waals surface area contributed by atoms with Gasteiger partial charge < -0.3 is 4.74 Å². The lowest BCUT2D eigenvalue weighted by Crippen LogP contribution is -2.08. The molecule has 2 aromatic heterocycles. The van der Waals surface area contributed by atoms with Gasteiger partial charge in [-0.2, -0.15) is 0 Å². The van der Waals surface area contributed by atoms with Crippen LogP contribution in [-0.2, 0) is 22.4 Å². The smallest absolute Gasteiger partial charge is 0.334 e. The third-order valence-corrected chi connectivity index (χ3v) is 8.68. The van der Waals surface area contributed by atoms with Crippen LogP contribution < -0.4 is 0 Å². The maximum absolute atomic E-state index is 12.2. The van der Waals surface area contributed by atoms with Crippen molar-refractivity contribution in [1.82, 2.24) is 9.97 Å². The van der Waals surface area contributed by atoms with Gasteiger partial charge in [-0.3, -0.25) is 9.97 Å². The summed E-state index contributed by atoms with van der Waals surface area (Å²) in [6.07, 6.45) is 37.1. The number of nitrogens with zero attached hydrogens (tertiary/aromatic N) is 2. The number of pyridine rings is 2. The molecule has 0 amide bonds. The summed E-state index contributed by atoms with van der Waals surface area (Å²) < 4.78 is 5.59. The van der Waals surface area contributed by atoms with Crippen molar-refractivity contribution in [3.8, 4) is 23.7 Å². The fourth-order valence-corrected chi connectivity index (χ4v) is 5.90. The molecule has 3 rings (SSSR count). The molecule has 1 aliphatic heterocycles. The van der Waals surface area contributed by atoms with Gasteiger partial charge in [0.15, 0.2) is 0 Å². The van der Waals surface area contributed by atoms with E-state index in [1.165, 1.54) is 88.2 Å². The molecule has 0 N–H and O–H groups in total. The zero-order valence-electron chi connectivity index (χ0n) is 28.5. The van der Waals surface area contributed by atoms with E-state index in [0.29, 0.717) is 0 Å². The zero-order valence-corrected chi connectivity index (χ0v) is 28.5. The summed E-state index contributed by atoms with van der Waals surface area (Å²) >= 11 is 0. The number of hydrogen-bond acceptors (Lipinski definition) is 4. The van der Waals surface area contributed by atoms with Crippen LogP contribution in [0.3, 0.4) is 0 Å². The second-order valence-corrected chi connectivity index (χ2v) is 12.8. The van der Waals surface area contributed by atoms with Gasteiger partial charge in [-0.15, -0.1) is 23.7 Å². The predicted molar refractivity (Wildman–Crippen MR) is 191 cm³/mol. The van der Waals surface area contributed by atoms with Crippen molar-refractivity contribution >= 4 is 5.97 Å². The van der Waals surface area contributed by atoms with Crippen LogP contribution in [0.5, 0.6) is 0 Å². The fraction of sp³-hybridized carbons (Fsp3) is 0.595. The quantitative estimate of drug-likeness (QED) is 0.0664. The Kier molecular flexibility index (Phi) is 20.8. The molecule has 0 aliphatic carbocycles. The van der Waals surface area contributed by atoms with Crippen LogP contribution in [0.2, 0.25) is 0 Å². The van der Waals surface area contributed by atoms with E-state index in [-0.39, 0.29) is 12.1 Å². The molecule has 0 fully saturated rings. The van der Waals surface area contributed by atoms with Gasteiger partial charge in [0.05, 0.1) is 0 Å². The zero-order chi connectivity index (χ0) is 32.2. The summed E-state index contributed by atoms with van der Waals surface area (Å²) in [6, 6.07) is 8.37. The Balaban J connectivity index is 1.06. The first-order valence-electron chi connectivity index (χ1n) is 18.4. The van der Waals surface area contributed by atoms with Crippen LogP contribution in [0, 0.1) is 23.7 Å². The van der Waals surface area contributed by atoms with E-state index >= 15 is 0 Å². The molecule has 4 heteroatoms. The Labute approximate surface area is 280 Å². The number of ether oxygens (including phenoxy) is 1. The number of rotatable bonds is 24. The average Bonchev–Trinajstić information content (AvgIpc) is 3.44. The minimum atomic E-state index is -0.110. The van der Waals surface area contributed by atoms with Crippen LogP contribution >= 0.6 is 0 Å². The number of hydrogen-bond donors (Lipinski definition) is 0. The summed E-state index contributed by atoms with van der Waals surface area (Å²) in [5.41, 5.74) is 3.57. The fourth-order valence-electron chi connectivity index (χ4n) is 5.90. The number of esters is 1. The van der Waals surface area contributed by atoms with Crippen molar-refractivity contribution in [2.24, 2.45) is 0 Å². The van der Waals surface area contributed by atoms with Crippen LogP contribution in [0.15, 0.2) is 60.7 Å². The lowest BCUT2D eigenvalue weighted by atomic mass is 10.0. The Morgan fingerprint density at radius 3 is 1.48 bits per heavy atom. The van der Waals surface area contributed by atoms with Gasteiger partial charge in [-0.25, -0.2) is 4.79 Å². The van der Waals surface area contributed by atoms with Crippen LogP contribution in [0.1, 0.15) is 152 Å². The molecule has 0 radical (unpaired) electrons. The largest absolute Gasteiger partial charge is 0.455 e. The van der Waals surface area contributed by atoms with E-state index in [0.717, 1.165) is 82.6 Å². The van der Waals surface area contributed by atoms with Crippen molar-refractivity contribution < 1.29 is 9.53 Å². The molecule has 0 spiro atoms. The molecule has 1 atom stereocenters. The first-order chi connectivity index (χ1) is 22.8. The summed E-state index contributed by atoms with van der Waals surface area (Å²) in [7, 11) is 0. The molecule has 1 aliphatic rings. The van der Waals surface area contributed by atoms with Crippen LogP contribution in [0.25, 0.3) is 0 Å². The van der Waals surface area contributed by atoms with Gasteiger partial charge >= 0.3 is 5.97 Å². The number of unbranched alkanes of at least 4 members (excludes halogenated alkanes) is 16. The number of carbonyl (C=O) groups excluding carboxylic acids is 1. The van der Waals surface area contributed by atoms with Gasteiger partial charge in [0.1, 0.15) is 6.10 Å². The van der Waals surface area contributed by atoms with Gasteiger partial charge in [0.25, 0.3) is 0 Å². The number of aromatic nitrogens is 2. The maximum Gasteiger partial charge on any atom is 0.334 e. The van der Waals surface area contributed by atoms with E-state index in [1.54, 1.807) is 0 Å². The molecular weight excluding hydrogens is 564 g/mol. The average molecular weight is 623 g/mol. The second-order valence-electron chi connectivity index (χ2n) is 12.8. The van der Waals surface area contributed by atoms with E-state index in [9.17, 15) is 4.79 Å². The molecule has 0 saturated heterocycles.